The molecule has 1 aromatic rings. The predicted molar refractivity (Wildman–Crippen MR) is 88.2 cm³/mol. The van der Waals surface area contributed by atoms with Crippen LogP contribution in [0.4, 0.5) is 0 Å². The highest BCUT2D eigenvalue weighted by Gasteiger charge is 2.25. The second-order valence-corrected chi connectivity index (χ2v) is 5.83. The lowest BCUT2D eigenvalue weighted by molar-refractivity contribution is -0.137. The number of nitrogens with zero attached hydrogens (tertiary/aromatic N) is 1. The number of carbonyl (C=O) groups is 1. The van der Waals surface area contributed by atoms with Gasteiger partial charge < -0.3 is 5.11 Å². The van der Waals surface area contributed by atoms with E-state index in [1.54, 1.807) is 0 Å². The van der Waals surface area contributed by atoms with Gasteiger partial charge in [-0.25, -0.2) is 0 Å². The summed E-state index contributed by atoms with van der Waals surface area (Å²) in [6.45, 7) is 6.35. The highest BCUT2D eigenvalue weighted by Crippen LogP contribution is 2.33. The van der Waals surface area contributed by atoms with Crippen molar-refractivity contribution in [2.24, 2.45) is 0 Å². The van der Waals surface area contributed by atoms with E-state index in [9.17, 15) is 4.79 Å². The normalized spacial score (nSPS) is 19.0. The highest BCUT2D eigenvalue weighted by atomic mass is 35.5. The van der Waals surface area contributed by atoms with Crippen LogP contribution >= 0.6 is 12.4 Å². The van der Waals surface area contributed by atoms with E-state index in [-0.39, 0.29) is 18.8 Å². The fraction of sp³-hybridized carbons (Fsp3) is 0.588. The molecule has 0 aliphatic carbocycles. The predicted octanol–water partition coefficient (Wildman–Crippen LogP) is 4.12. The number of benzene rings is 1. The molecule has 1 N–H and O–H groups in total. The van der Waals surface area contributed by atoms with Crippen molar-refractivity contribution < 1.29 is 9.90 Å². The standard InChI is InChI=1S/C17H25NO2.ClH/c1-13-7-5-8-15(14(13)2)16-9-3-4-11-18(16)12-6-10-17(19)20;/h5,7-8,16H,3-4,6,9-12H2,1-2H3,(H,19,20);1H. The molecule has 0 aromatic heterocycles. The van der Waals surface area contributed by atoms with Gasteiger partial charge in [-0.1, -0.05) is 24.6 Å². The maximum Gasteiger partial charge on any atom is 0.303 e. The number of aryl methyl sites for hydroxylation is 1. The number of hydrogen-bond acceptors (Lipinski definition) is 2. The van der Waals surface area contributed by atoms with Gasteiger partial charge in [-0.2, -0.15) is 0 Å². The van der Waals surface area contributed by atoms with Gasteiger partial charge in [-0.3, -0.25) is 9.69 Å². The molecule has 0 amide bonds. The minimum atomic E-state index is -0.690. The fourth-order valence-corrected chi connectivity index (χ4v) is 3.18. The Balaban J connectivity index is 0.00000220. The molecule has 2 rings (SSSR count). The molecule has 1 unspecified atom stereocenters. The van der Waals surface area contributed by atoms with Gasteiger partial charge >= 0.3 is 5.97 Å². The van der Waals surface area contributed by atoms with Crippen molar-refractivity contribution in [1.29, 1.82) is 0 Å². The summed E-state index contributed by atoms with van der Waals surface area (Å²) in [5.74, 6) is -0.690. The van der Waals surface area contributed by atoms with Gasteiger partial charge in [0.2, 0.25) is 0 Å². The number of aliphatic carboxylic acids is 1. The van der Waals surface area contributed by atoms with Crippen molar-refractivity contribution in [3.63, 3.8) is 0 Å². The molecule has 4 heteroatoms. The number of likely N-dealkylation sites (tertiary alicyclic amines) is 1. The van der Waals surface area contributed by atoms with Crippen LogP contribution < -0.4 is 0 Å². The van der Waals surface area contributed by atoms with Gasteiger partial charge in [-0.15, -0.1) is 12.4 Å². The number of hydrogen-bond donors (Lipinski definition) is 1. The van der Waals surface area contributed by atoms with E-state index in [4.69, 9.17) is 5.11 Å². The molecule has 21 heavy (non-hydrogen) atoms. The van der Waals surface area contributed by atoms with E-state index in [1.165, 1.54) is 36.0 Å². The fourth-order valence-electron chi connectivity index (χ4n) is 3.18. The Labute approximate surface area is 133 Å². The zero-order chi connectivity index (χ0) is 14.5. The summed E-state index contributed by atoms with van der Waals surface area (Å²) in [5.41, 5.74) is 4.17. The van der Waals surface area contributed by atoms with Crippen molar-refractivity contribution in [2.75, 3.05) is 13.1 Å². The average Bonchev–Trinajstić information content (AvgIpc) is 2.42. The van der Waals surface area contributed by atoms with Gasteiger partial charge in [0, 0.05) is 12.5 Å². The Hall–Kier alpha value is -1.06. The Morgan fingerprint density at radius 2 is 2.10 bits per heavy atom. The van der Waals surface area contributed by atoms with Crippen molar-refractivity contribution >= 4 is 18.4 Å². The number of piperidine rings is 1. The van der Waals surface area contributed by atoms with Gasteiger partial charge in [0.25, 0.3) is 0 Å². The van der Waals surface area contributed by atoms with Crippen LogP contribution in [0, 0.1) is 13.8 Å². The minimum Gasteiger partial charge on any atom is -0.481 e. The molecular weight excluding hydrogens is 286 g/mol. The van der Waals surface area contributed by atoms with Gasteiger partial charge in [0.1, 0.15) is 0 Å². The first-order valence-electron chi connectivity index (χ1n) is 7.61. The number of carboxylic acid groups (broad SMARTS) is 1. The molecule has 0 spiro atoms. The molecule has 1 atom stereocenters. The van der Waals surface area contributed by atoms with Crippen molar-refractivity contribution in [3.8, 4) is 0 Å². The molecule has 118 valence electrons. The molecule has 1 aliphatic heterocycles. The monoisotopic (exact) mass is 311 g/mol. The molecule has 1 aromatic carbocycles. The summed E-state index contributed by atoms with van der Waals surface area (Å²) in [7, 11) is 0. The molecule has 1 heterocycles. The molecule has 0 radical (unpaired) electrons. The molecule has 1 saturated heterocycles. The summed E-state index contributed by atoms with van der Waals surface area (Å²) in [5, 5.41) is 8.79. The highest BCUT2D eigenvalue weighted by molar-refractivity contribution is 5.85. The Kier molecular flexibility index (Phi) is 7.20. The second kappa shape index (κ2) is 8.40. The number of halogens is 1. The third-order valence-corrected chi connectivity index (χ3v) is 4.46. The van der Waals surface area contributed by atoms with Gasteiger partial charge in [-0.05, 0) is 62.9 Å². The molecule has 1 fully saturated rings. The zero-order valence-electron chi connectivity index (χ0n) is 13.0. The summed E-state index contributed by atoms with van der Waals surface area (Å²) in [6, 6.07) is 7.01. The maximum atomic E-state index is 10.7. The SMILES string of the molecule is Cc1cccc(C2CCCCN2CCCC(=O)O)c1C.Cl. The Morgan fingerprint density at radius 3 is 2.81 bits per heavy atom. The number of carboxylic acids is 1. The van der Waals surface area contributed by atoms with Gasteiger partial charge in [0.05, 0.1) is 0 Å². The van der Waals surface area contributed by atoms with Crippen LogP contribution in [0.5, 0.6) is 0 Å². The van der Waals surface area contributed by atoms with Crippen molar-refractivity contribution in [3.05, 3.63) is 34.9 Å². The second-order valence-electron chi connectivity index (χ2n) is 5.83. The summed E-state index contributed by atoms with van der Waals surface area (Å²) in [4.78, 5) is 13.2. The molecule has 0 saturated carbocycles. The van der Waals surface area contributed by atoms with E-state index in [0.717, 1.165) is 19.5 Å². The first-order chi connectivity index (χ1) is 9.59. The molecule has 1 aliphatic rings. The van der Waals surface area contributed by atoms with Crippen LogP contribution in [0.15, 0.2) is 18.2 Å². The zero-order valence-corrected chi connectivity index (χ0v) is 13.8. The summed E-state index contributed by atoms with van der Waals surface area (Å²) < 4.78 is 0. The third kappa shape index (κ3) is 4.72. The first-order valence-corrected chi connectivity index (χ1v) is 7.61. The minimum absolute atomic E-state index is 0. The van der Waals surface area contributed by atoms with E-state index in [1.807, 2.05) is 0 Å². The van der Waals surface area contributed by atoms with Crippen LogP contribution in [0.25, 0.3) is 0 Å². The Morgan fingerprint density at radius 1 is 1.33 bits per heavy atom. The van der Waals surface area contributed by atoms with Crippen LogP contribution in [0.2, 0.25) is 0 Å². The molecule has 3 nitrogen and oxygen atoms in total. The molecular formula is C17H26ClNO2. The van der Waals surface area contributed by atoms with Crippen LogP contribution in [0.3, 0.4) is 0 Å². The topological polar surface area (TPSA) is 40.5 Å². The lowest BCUT2D eigenvalue weighted by Gasteiger charge is -2.37. The van der Waals surface area contributed by atoms with Crippen molar-refractivity contribution in [2.45, 2.75) is 52.0 Å². The average molecular weight is 312 g/mol. The van der Waals surface area contributed by atoms with E-state index in [0.29, 0.717) is 6.04 Å². The van der Waals surface area contributed by atoms with Crippen LogP contribution in [-0.2, 0) is 4.79 Å². The van der Waals surface area contributed by atoms with Crippen LogP contribution in [-0.4, -0.2) is 29.1 Å². The van der Waals surface area contributed by atoms with E-state index >= 15 is 0 Å². The number of rotatable bonds is 5. The smallest absolute Gasteiger partial charge is 0.303 e. The largest absolute Gasteiger partial charge is 0.481 e. The van der Waals surface area contributed by atoms with Gasteiger partial charge in [0.15, 0.2) is 0 Å². The first kappa shape index (κ1) is 18.0. The maximum absolute atomic E-state index is 10.7. The lowest BCUT2D eigenvalue weighted by atomic mass is 9.90. The third-order valence-electron chi connectivity index (χ3n) is 4.46. The summed E-state index contributed by atoms with van der Waals surface area (Å²) in [6.07, 6.45) is 4.71. The van der Waals surface area contributed by atoms with E-state index < -0.39 is 5.97 Å². The quantitative estimate of drug-likeness (QED) is 0.889. The Bertz CT molecular complexity index is 476. The summed E-state index contributed by atoms with van der Waals surface area (Å²) >= 11 is 0. The van der Waals surface area contributed by atoms with E-state index in [2.05, 4.69) is 36.9 Å². The lowest BCUT2D eigenvalue weighted by Crippen LogP contribution is -2.34. The van der Waals surface area contributed by atoms with Crippen molar-refractivity contribution in [1.82, 2.24) is 4.90 Å². The van der Waals surface area contributed by atoms with Crippen LogP contribution in [0.1, 0.15) is 54.8 Å². The molecule has 0 bridgehead atoms.